The molecule has 4 aromatic rings. The smallest absolute Gasteiger partial charge is 0.280 e. The third kappa shape index (κ3) is 2.68. The van der Waals surface area contributed by atoms with Crippen molar-refractivity contribution in [1.82, 2.24) is 10.3 Å². The molecule has 0 bridgehead atoms. The third-order valence-corrected chi connectivity index (χ3v) is 7.13. The summed E-state index contributed by atoms with van der Waals surface area (Å²) in [5.41, 5.74) is -0.705. The second kappa shape index (κ2) is 7.25. The number of H-pyrrole nitrogens is 1. The molecular formula is C27H21N3O6. The van der Waals surface area contributed by atoms with E-state index in [0.717, 1.165) is 16.5 Å². The number of nitro benzene ring substituents is 1. The molecule has 1 aliphatic carbocycles. The molecule has 0 radical (unpaired) electrons. The number of hydrogen-bond acceptors (Lipinski definition) is 6. The molecule has 36 heavy (non-hydrogen) atoms. The largest absolute Gasteiger partial charge is 0.454 e. The van der Waals surface area contributed by atoms with E-state index in [1.54, 1.807) is 42.6 Å². The number of aromatic nitrogens is 1. The van der Waals surface area contributed by atoms with Gasteiger partial charge in [0, 0.05) is 39.9 Å². The van der Waals surface area contributed by atoms with Gasteiger partial charge in [0.15, 0.2) is 0 Å². The van der Waals surface area contributed by atoms with Crippen molar-refractivity contribution in [3.8, 4) is 5.75 Å². The lowest BCUT2D eigenvalue weighted by Crippen LogP contribution is -2.60. The molecule has 2 heterocycles. The van der Waals surface area contributed by atoms with E-state index in [4.69, 9.17) is 4.74 Å². The number of fused-ring (bicyclic) bond motifs is 6. The molecule has 3 N–H and O–H groups in total. The van der Waals surface area contributed by atoms with Crippen LogP contribution >= 0.6 is 0 Å². The summed E-state index contributed by atoms with van der Waals surface area (Å²) in [4.78, 5) is 41.8. The van der Waals surface area contributed by atoms with Gasteiger partial charge < -0.3 is 20.1 Å². The summed E-state index contributed by atoms with van der Waals surface area (Å²) in [7, 11) is 0. The zero-order valence-corrected chi connectivity index (χ0v) is 19.4. The van der Waals surface area contributed by atoms with E-state index in [9.17, 15) is 24.8 Å². The van der Waals surface area contributed by atoms with Crippen molar-refractivity contribution in [1.29, 1.82) is 0 Å². The summed E-state index contributed by atoms with van der Waals surface area (Å²) in [6, 6.07) is 15.9. The van der Waals surface area contributed by atoms with Crippen molar-refractivity contribution in [2.75, 3.05) is 0 Å². The number of rotatable bonds is 4. The third-order valence-electron chi connectivity index (χ3n) is 7.13. The molecule has 2 aliphatic rings. The molecule has 2 atom stereocenters. The molecule has 1 aromatic heterocycles. The Bertz CT molecular complexity index is 1620. The van der Waals surface area contributed by atoms with Gasteiger partial charge >= 0.3 is 0 Å². The van der Waals surface area contributed by atoms with E-state index in [2.05, 4.69) is 10.3 Å². The number of amides is 1. The van der Waals surface area contributed by atoms with Gasteiger partial charge in [0.2, 0.25) is 11.3 Å². The minimum atomic E-state index is -2.38. The lowest BCUT2D eigenvalue weighted by molar-refractivity contribution is -0.385. The quantitative estimate of drug-likeness (QED) is 0.293. The molecule has 9 heteroatoms. The van der Waals surface area contributed by atoms with Crippen LogP contribution in [-0.2, 0) is 11.3 Å². The number of nitrogens with zero attached hydrogens (tertiary/aromatic N) is 1. The Balaban J connectivity index is 1.56. The van der Waals surface area contributed by atoms with Crippen LogP contribution in [0.4, 0.5) is 5.69 Å². The highest BCUT2D eigenvalue weighted by atomic mass is 16.6. The number of hydrogen-bond donors (Lipinski definition) is 3. The number of aliphatic hydroxyl groups is 1. The fourth-order valence-electron chi connectivity index (χ4n) is 5.29. The highest BCUT2D eigenvalue weighted by Gasteiger charge is 2.73. The Labute approximate surface area is 204 Å². The normalized spacial score (nSPS) is 21.7. The number of aromatic amines is 1. The molecule has 0 saturated heterocycles. The minimum Gasteiger partial charge on any atom is -0.454 e. The van der Waals surface area contributed by atoms with Crippen LogP contribution in [0.25, 0.3) is 10.9 Å². The second-order valence-corrected chi connectivity index (χ2v) is 9.43. The predicted octanol–water partition coefficient (Wildman–Crippen LogP) is 4.26. The maximum Gasteiger partial charge on any atom is 0.280 e. The zero-order chi connectivity index (χ0) is 25.4. The number of ketones is 1. The number of carbonyl (C=O) groups is 2. The van der Waals surface area contributed by atoms with Crippen LogP contribution in [0.2, 0.25) is 0 Å². The van der Waals surface area contributed by atoms with Gasteiger partial charge in [0.1, 0.15) is 11.3 Å². The maximum atomic E-state index is 14.1. The Morgan fingerprint density at radius 1 is 1.11 bits per heavy atom. The monoisotopic (exact) mass is 483 g/mol. The Kier molecular flexibility index (Phi) is 4.43. The van der Waals surface area contributed by atoms with E-state index in [-0.39, 0.29) is 33.9 Å². The average molecular weight is 483 g/mol. The molecule has 1 amide bonds. The first-order valence-electron chi connectivity index (χ1n) is 11.5. The number of ether oxygens (including phenoxy) is 1. The number of nitrogens with one attached hydrogen (secondary N) is 2. The van der Waals surface area contributed by atoms with Gasteiger partial charge in [-0.1, -0.05) is 38.1 Å². The molecule has 1 aliphatic heterocycles. The number of carbonyl (C=O) groups excluding carboxylic acids is 2. The van der Waals surface area contributed by atoms with Crippen molar-refractivity contribution in [3.05, 3.63) is 105 Å². The van der Waals surface area contributed by atoms with Gasteiger partial charge in [0.25, 0.3) is 17.4 Å². The van der Waals surface area contributed by atoms with Crippen LogP contribution in [0.5, 0.6) is 5.75 Å². The molecule has 3 aromatic carbocycles. The summed E-state index contributed by atoms with van der Waals surface area (Å²) in [6.45, 7) is 3.98. The van der Waals surface area contributed by atoms with Crippen molar-refractivity contribution < 1.29 is 24.4 Å². The first-order valence-corrected chi connectivity index (χ1v) is 11.5. The molecule has 180 valence electrons. The molecule has 0 saturated carbocycles. The number of benzene rings is 3. The molecule has 6 rings (SSSR count). The van der Waals surface area contributed by atoms with Gasteiger partial charge in [-0.15, -0.1) is 0 Å². The summed E-state index contributed by atoms with van der Waals surface area (Å²) in [5, 5.41) is 27.3. The van der Waals surface area contributed by atoms with Gasteiger partial charge in [-0.3, -0.25) is 19.7 Å². The lowest BCUT2D eigenvalue weighted by atomic mass is 9.82. The predicted molar refractivity (Wildman–Crippen MR) is 130 cm³/mol. The Hall–Kier alpha value is -4.50. The van der Waals surface area contributed by atoms with Crippen LogP contribution in [0.1, 0.15) is 57.2 Å². The van der Waals surface area contributed by atoms with Crippen molar-refractivity contribution in [3.63, 3.8) is 0 Å². The topological polar surface area (TPSA) is 135 Å². The van der Waals surface area contributed by atoms with Crippen LogP contribution in [0.15, 0.2) is 66.9 Å². The highest BCUT2D eigenvalue weighted by molar-refractivity contribution is 6.15. The van der Waals surface area contributed by atoms with E-state index in [1.165, 1.54) is 18.2 Å². The average Bonchev–Trinajstić information content (AvgIpc) is 3.47. The molecule has 2 unspecified atom stereocenters. The Morgan fingerprint density at radius 3 is 2.67 bits per heavy atom. The van der Waals surface area contributed by atoms with Crippen LogP contribution in [-0.4, -0.2) is 26.7 Å². The SMILES string of the molecule is CC(C)c1ccc2c(c1)OC1(O)c3cccc([N+](=O)[O-])c3C(=O)C21NC(=O)c1ccc2[nH]ccc2c1. The van der Waals surface area contributed by atoms with Crippen molar-refractivity contribution in [2.45, 2.75) is 31.1 Å². The molecule has 9 nitrogen and oxygen atoms in total. The standard InChI is InChI=1S/C27H21N3O6/c1-14(2)15-6-8-18-22(13-15)36-27(33)19-4-3-5-21(30(34)35)23(19)24(31)26(18,27)29-25(32)17-7-9-20-16(12-17)10-11-28-20/h3-14,28,33H,1-2H3,(H,29,32). The van der Waals surface area contributed by atoms with E-state index >= 15 is 0 Å². The van der Waals surface area contributed by atoms with Gasteiger partial charge in [-0.25, -0.2) is 0 Å². The van der Waals surface area contributed by atoms with Crippen LogP contribution in [0.3, 0.4) is 0 Å². The summed E-state index contributed by atoms with van der Waals surface area (Å²) in [5.74, 6) is -3.45. The van der Waals surface area contributed by atoms with Gasteiger partial charge in [0.05, 0.1) is 4.92 Å². The molecule has 0 spiro atoms. The van der Waals surface area contributed by atoms with Crippen molar-refractivity contribution in [2.24, 2.45) is 0 Å². The first-order chi connectivity index (χ1) is 17.2. The van der Waals surface area contributed by atoms with Gasteiger partial charge in [-0.05, 0) is 41.8 Å². The summed E-state index contributed by atoms with van der Waals surface area (Å²) < 4.78 is 6.03. The minimum absolute atomic E-state index is 0.0645. The van der Waals surface area contributed by atoms with Gasteiger partial charge in [-0.2, -0.15) is 0 Å². The van der Waals surface area contributed by atoms with E-state index in [0.29, 0.717) is 0 Å². The summed E-state index contributed by atoms with van der Waals surface area (Å²) >= 11 is 0. The van der Waals surface area contributed by atoms with E-state index < -0.39 is 33.6 Å². The lowest BCUT2D eigenvalue weighted by Gasteiger charge is -2.34. The number of Topliss-reactive ketones (excluding diaryl/α,β-unsaturated/α-hetero) is 1. The summed E-state index contributed by atoms with van der Waals surface area (Å²) in [6.07, 6.45) is 1.74. The first kappa shape index (κ1) is 22.0. The van der Waals surface area contributed by atoms with Crippen LogP contribution in [0, 0.1) is 10.1 Å². The fraction of sp³-hybridized carbons (Fsp3) is 0.185. The molecule has 0 fully saturated rings. The van der Waals surface area contributed by atoms with E-state index in [1.807, 2.05) is 19.9 Å². The zero-order valence-electron chi connectivity index (χ0n) is 19.4. The number of nitro groups is 1. The van der Waals surface area contributed by atoms with Crippen LogP contribution < -0.4 is 10.1 Å². The second-order valence-electron chi connectivity index (χ2n) is 9.43. The Morgan fingerprint density at radius 2 is 1.92 bits per heavy atom. The maximum absolute atomic E-state index is 14.1. The molecular weight excluding hydrogens is 462 g/mol. The highest BCUT2D eigenvalue weighted by Crippen LogP contribution is 2.59. The fourth-order valence-corrected chi connectivity index (χ4v) is 5.29. The van der Waals surface area contributed by atoms with Crippen molar-refractivity contribution >= 4 is 28.3 Å².